The second-order valence-electron chi connectivity index (χ2n) is 6.78. The number of rotatable bonds is 9. The molecule has 0 amide bonds. The Morgan fingerprint density at radius 2 is 1.95 bits per heavy atom. The zero-order valence-electron chi connectivity index (χ0n) is 13.9. The Balaban J connectivity index is 1.54. The Morgan fingerprint density at radius 1 is 1.10 bits per heavy atom. The first kappa shape index (κ1) is 18.0. The molecule has 4 unspecified atom stereocenters. The van der Waals surface area contributed by atoms with Crippen molar-refractivity contribution in [1.29, 1.82) is 0 Å². The van der Waals surface area contributed by atoms with E-state index < -0.39 is 0 Å². The summed E-state index contributed by atoms with van der Waals surface area (Å²) in [5.74, 6) is 3.51. The quantitative estimate of drug-likeness (QED) is 0.613. The van der Waals surface area contributed by atoms with Crippen LogP contribution in [0.15, 0.2) is 0 Å². The highest BCUT2D eigenvalue weighted by Gasteiger charge is 2.27. The van der Waals surface area contributed by atoms with E-state index in [9.17, 15) is 0 Å². The van der Waals surface area contributed by atoms with Gasteiger partial charge in [-0.25, -0.2) is 0 Å². The van der Waals surface area contributed by atoms with Crippen molar-refractivity contribution in [2.45, 2.75) is 75.6 Å². The van der Waals surface area contributed by atoms with Crippen LogP contribution in [0.5, 0.6) is 0 Å². The maximum absolute atomic E-state index is 6.08. The summed E-state index contributed by atoms with van der Waals surface area (Å²) in [6.07, 6.45) is 7.35. The minimum Gasteiger partial charge on any atom is -0.379 e. The fraction of sp³-hybridized carbons (Fsp3) is 1.00. The smallest absolute Gasteiger partial charge is 0.0588 e. The van der Waals surface area contributed by atoms with Crippen molar-refractivity contribution >= 4 is 23.5 Å². The molecule has 4 heteroatoms. The Morgan fingerprint density at radius 3 is 2.67 bits per heavy atom. The van der Waals surface area contributed by atoms with E-state index in [4.69, 9.17) is 9.47 Å². The third-order valence-corrected chi connectivity index (χ3v) is 7.21. The fourth-order valence-corrected chi connectivity index (χ4v) is 5.94. The molecule has 0 spiro atoms. The molecule has 2 saturated heterocycles. The van der Waals surface area contributed by atoms with Crippen molar-refractivity contribution in [3.8, 4) is 0 Å². The maximum atomic E-state index is 6.08. The molecule has 21 heavy (non-hydrogen) atoms. The standard InChI is InChI=1S/C17H32O2S2/c1-13(2)18-7-6-15-10-17(21-12-15)9-14(3)19-11-16-5-4-8-20-16/h13-17H,4-12H2,1-3H3. The van der Waals surface area contributed by atoms with Gasteiger partial charge >= 0.3 is 0 Å². The van der Waals surface area contributed by atoms with Crippen molar-refractivity contribution in [3.05, 3.63) is 0 Å². The van der Waals surface area contributed by atoms with Gasteiger partial charge in [0, 0.05) is 17.1 Å². The molecule has 2 aliphatic rings. The summed E-state index contributed by atoms with van der Waals surface area (Å²) in [5, 5.41) is 1.57. The average Bonchev–Trinajstić information content (AvgIpc) is 3.08. The molecule has 0 aromatic carbocycles. The van der Waals surface area contributed by atoms with Crippen LogP contribution in [0.25, 0.3) is 0 Å². The van der Waals surface area contributed by atoms with Gasteiger partial charge in [-0.1, -0.05) is 0 Å². The number of hydrogen-bond donors (Lipinski definition) is 0. The van der Waals surface area contributed by atoms with E-state index in [-0.39, 0.29) is 0 Å². The molecule has 0 radical (unpaired) electrons. The van der Waals surface area contributed by atoms with E-state index in [1.165, 1.54) is 43.6 Å². The summed E-state index contributed by atoms with van der Waals surface area (Å²) in [6.45, 7) is 8.40. The highest BCUT2D eigenvalue weighted by atomic mass is 32.2. The predicted octanol–water partition coefficient (Wildman–Crippen LogP) is 4.61. The van der Waals surface area contributed by atoms with Crippen molar-refractivity contribution in [2.75, 3.05) is 24.7 Å². The van der Waals surface area contributed by atoms with Gasteiger partial charge in [0.15, 0.2) is 0 Å². The topological polar surface area (TPSA) is 18.5 Å². The number of thioether (sulfide) groups is 2. The van der Waals surface area contributed by atoms with Crippen LogP contribution >= 0.6 is 23.5 Å². The van der Waals surface area contributed by atoms with Gasteiger partial charge in [0.1, 0.15) is 0 Å². The lowest BCUT2D eigenvalue weighted by atomic mass is 10.00. The molecule has 0 saturated carbocycles. The molecular weight excluding hydrogens is 300 g/mol. The van der Waals surface area contributed by atoms with Gasteiger partial charge in [0.05, 0.1) is 18.8 Å². The van der Waals surface area contributed by atoms with E-state index in [0.717, 1.165) is 29.6 Å². The summed E-state index contributed by atoms with van der Waals surface area (Å²) in [4.78, 5) is 0. The molecule has 2 aliphatic heterocycles. The number of hydrogen-bond acceptors (Lipinski definition) is 4. The largest absolute Gasteiger partial charge is 0.379 e. The molecule has 0 aromatic rings. The molecule has 124 valence electrons. The van der Waals surface area contributed by atoms with Crippen LogP contribution in [-0.2, 0) is 9.47 Å². The second-order valence-corrected chi connectivity index (χ2v) is 9.52. The van der Waals surface area contributed by atoms with Crippen LogP contribution in [0, 0.1) is 5.92 Å². The van der Waals surface area contributed by atoms with Crippen LogP contribution in [0.1, 0.15) is 52.9 Å². The van der Waals surface area contributed by atoms with Gasteiger partial charge in [-0.05, 0) is 70.3 Å². The summed E-state index contributed by atoms with van der Waals surface area (Å²) in [7, 11) is 0. The zero-order valence-corrected chi connectivity index (χ0v) is 15.5. The van der Waals surface area contributed by atoms with E-state index in [1.807, 2.05) is 0 Å². The van der Waals surface area contributed by atoms with Crippen molar-refractivity contribution in [1.82, 2.24) is 0 Å². The molecule has 2 heterocycles. The van der Waals surface area contributed by atoms with E-state index in [2.05, 4.69) is 44.3 Å². The van der Waals surface area contributed by atoms with Gasteiger partial charge in [-0.15, -0.1) is 0 Å². The van der Waals surface area contributed by atoms with Gasteiger partial charge in [-0.2, -0.15) is 23.5 Å². The molecule has 0 aromatic heterocycles. The summed E-state index contributed by atoms with van der Waals surface area (Å²) in [6, 6.07) is 0. The lowest BCUT2D eigenvalue weighted by Crippen LogP contribution is -2.19. The summed E-state index contributed by atoms with van der Waals surface area (Å²) < 4.78 is 11.8. The summed E-state index contributed by atoms with van der Waals surface area (Å²) >= 11 is 4.25. The lowest BCUT2D eigenvalue weighted by molar-refractivity contribution is 0.0584. The first-order valence-electron chi connectivity index (χ1n) is 8.60. The average molecular weight is 333 g/mol. The van der Waals surface area contributed by atoms with Crippen LogP contribution in [0.2, 0.25) is 0 Å². The third kappa shape index (κ3) is 7.15. The van der Waals surface area contributed by atoms with Gasteiger partial charge in [0.25, 0.3) is 0 Å². The first-order chi connectivity index (χ1) is 10.1. The minimum atomic E-state index is 0.372. The van der Waals surface area contributed by atoms with Crippen LogP contribution in [0.4, 0.5) is 0 Å². The Bertz CT molecular complexity index is 280. The summed E-state index contributed by atoms with van der Waals surface area (Å²) in [5.41, 5.74) is 0. The van der Waals surface area contributed by atoms with Gasteiger partial charge < -0.3 is 9.47 Å². The van der Waals surface area contributed by atoms with E-state index in [0.29, 0.717) is 12.2 Å². The maximum Gasteiger partial charge on any atom is 0.0588 e. The molecule has 2 fully saturated rings. The SMILES string of the molecule is CC(C)OCCC1CSC(CC(C)OCC2CCCS2)C1. The molecule has 2 rings (SSSR count). The first-order valence-corrected chi connectivity index (χ1v) is 10.7. The lowest BCUT2D eigenvalue weighted by Gasteiger charge is -2.19. The molecule has 0 bridgehead atoms. The minimum absolute atomic E-state index is 0.372. The molecular formula is C17H32O2S2. The third-order valence-electron chi connectivity index (χ3n) is 4.33. The molecule has 0 aliphatic carbocycles. The van der Waals surface area contributed by atoms with Crippen LogP contribution < -0.4 is 0 Å². The molecule has 0 N–H and O–H groups in total. The van der Waals surface area contributed by atoms with Crippen molar-refractivity contribution in [3.63, 3.8) is 0 Å². The zero-order chi connectivity index (χ0) is 15.1. The Hall–Kier alpha value is 0.620. The van der Waals surface area contributed by atoms with Crippen LogP contribution in [0.3, 0.4) is 0 Å². The highest BCUT2D eigenvalue weighted by molar-refractivity contribution is 8.00. The highest BCUT2D eigenvalue weighted by Crippen LogP contribution is 2.36. The van der Waals surface area contributed by atoms with Crippen LogP contribution in [-0.4, -0.2) is 47.4 Å². The normalized spacial score (nSPS) is 31.1. The van der Waals surface area contributed by atoms with Crippen molar-refractivity contribution < 1.29 is 9.47 Å². The fourth-order valence-electron chi connectivity index (χ4n) is 3.10. The molecule has 4 atom stereocenters. The van der Waals surface area contributed by atoms with Gasteiger partial charge in [0.2, 0.25) is 0 Å². The molecule has 2 nitrogen and oxygen atoms in total. The Labute approximate surface area is 139 Å². The number of ether oxygens (including phenoxy) is 2. The Kier molecular flexibility index (Phi) is 8.29. The van der Waals surface area contributed by atoms with E-state index in [1.54, 1.807) is 0 Å². The monoisotopic (exact) mass is 332 g/mol. The van der Waals surface area contributed by atoms with Gasteiger partial charge in [-0.3, -0.25) is 0 Å². The van der Waals surface area contributed by atoms with Crippen molar-refractivity contribution in [2.24, 2.45) is 5.92 Å². The second kappa shape index (κ2) is 9.69. The van der Waals surface area contributed by atoms with E-state index >= 15 is 0 Å². The predicted molar refractivity (Wildman–Crippen MR) is 95.6 cm³/mol.